The van der Waals surface area contributed by atoms with E-state index in [0.717, 1.165) is 5.69 Å². The highest BCUT2D eigenvalue weighted by Gasteiger charge is 2.10. The molecule has 0 aliphatic carbocycles. The summed E-state index contributed by atoms with van der Waals surface area (Å²) < 4.78 is 17.0. The van der Waals surface area contributed by atoms with Crippen LogP contribution in [-0.2, 0) is 9.47 Å². The Balaban J connectivity index is 2.31. The first kappa shape index (κ1) is 14.1. The van der Waals surface area contributed by atoms with Crippen molar-refractivity contribution in [2.24, 2.45) is 0 Å². The molecule has 0 radical (unpaired) electrons. The smallest absolute Gasteiger partial charge is 0.338 e. The Hall–Kier alpha value is -2.34. The predicted octanol–water partition coefficient (Wildman–Crippen LogP) is 1.68. The van der Waals surface area contributed by atoms with Crippen LogP contribution in [0.15, 0.2) is 36.9 Å². The Morgan fingerprint density at radius 2 is 2.10 bits per heavy atom. The number of benzene rings is 1. The minimum absolute atomic E-state index is 0.407. The van der Waals surface area contributed by atoms with Crippen molar-refractivity contribution in [3.05, 3.63) is 42.5 Å². The van der Waals surface area contributed by atoms with Crippen LogP contribution < -0.4 is 4.74 Å². The van der Waals surface area contributed by atoms with E-state index in [0.29, 0.717) is 24.5 Å². The first-order valence-electron chi connectivity index (χ1n) is 6.08. The van der Waals surface area contributed by atoms with Gasteiger partial charge in [0, 0.05) is 25.6 Å². The number of nitrogens with zero attached hydrogens (tertiary/aromatic N) is 2. The lowest BCUT2D eigenvalue weighted by Gasteiger charge is -2.10. The number of hydrogen-bond donors (Lipinski definition) is 0. The van der Waals surface area contributed by atoms with Crippen LogP contribution in [-0.4, -0.2) is 43.0 Å². The molecule has 0 saturated carbocycles. The van der Waals surface area contributed by atoms with Crippen molar-refractivity contribution in [2.75, 3.05) is 27.4 Å². The van der Waals surface area contributed by atoms with Gasteiger partial charge in [0.15, 0.2) is 0 Å². The zero-order chi connectivity index (χ0) is 14.4. The lowest BCUT2D eigenvalue weighted by atomic mass is 10.2. The molecule has 6 nitrogen and oxygen atoms in total. The minimum Gasteiger partial charge on any atom is -0.491 e. The van der Waals surface area contributed by atoms with Gasteiger partial charge in [-0.1, -0.05) is 0 Å². The number of carbonyl (C=O) groups excluding carboxylic acids is 1. The number of ether oxygens (including phenoxy) is 3. The first-order chi connectivity index (χ1) is 9.74. The standard InChI is InChI=1S/C14H16N2O4/c1-18-5-6-20-13-8-11(14(17)19-2)7-12(9-13)16-4-3-15-10-16/h3-4,7-10H,5-6H2,1-2H3. The highest BCUT2D eigenvalue weighted by Crippen LogP contribution is 2.21. The molecule has 6 heteroatoms. The predicted molar refractivity (Wildman–Crippen MR) is 72.3 cm³/mol. The van der Waals surface area contributed by atoms with Crippen LogP contribution in [0.2, 0.25) is 0 Å². The van der Waals surface area contributed by atoms with E-state index >= 15 is 0 Å². The van der Waals surface area contributed by atoms with Crippen LogP contribution in [0.1, 0.15) is 10.4 Å². The van der Waals surface area contributed by atoms with E-state index in [-0.39, 0.29) is 0 Å². The van der Waals surface area contributed by atoms with Gasteiger partial charge in [-0.2, -0.15) is 0 Å². The van der Waals surface area contributed by atoms with Crippen LogP contribution in [0.5, 0.6) is 5.75 Å². The van der Waals surface area contributed by atoms with Gasteiger partial charge in [0.05, 0.1) is 31.3 Å². The van der Waals surface area contributed by atoms with Gasteiger partial charge in [-0.15, -0.1) is 0 Å². The molecule has 0 fully saturated rings. The summed E-state index contributed by atoms with van der Waals surface area (Å²) in [6.07, 6.45) is 5.10. The zero-order valence-electron chi connectivity index (χ0n) is 11.4. The maximum atomic E-state index is 11.7. The molecule has 0 spiro atoms. The number of aromatic nitrogens is 2. The van der Waals surface area contributed by atoms with Gasteiger partial charge in [-0.3, -0.25) is 0 Å². The molecule has 0 atom stereocenters. The second-order valence-corrected chi connectivity index (χ2v) is 4.02. The van der Waals surface area contributed by atoms with Gasteiger partial charge in [0.25, 0.3) is 0 Å². The van der Waals surface area contributed by atoms with E-state index in [9.17, 15) is 4.79 Å². The fourth-order valence-corrected chi connectivity index (χ4v) is 1.71. The molecular formula is C14H16N2O4. The topological polar surface area (TPSA) is 62.6 Å². The number of carbonyl (C=O) groups is 1. The molecule has 0 aliphatic heterocycles. The third kappa shape index (κ3) is 3.36. The van der Waals surface area contributed by atoms with Gasteiger partial charge in [0.1, 0.15) is 12.4 Å². The Bertz CT molecular complexity index is 567. The molecular weight excluding hydrogens is 260 g/mol. The lowest BCUT2D eigenvalue weighted by molar-refractivity contribution is 0.0600. The van der Waals surface area contributed by atoms with Crippen LogP contribution in [0.25, 0.3) is 5.69 Å². The molecule has 1 aromatic heterocycles. The molecule has 2 rings (SSSR count). The maximum Gasteiger partial charge on any atom is 0.338 e. The van der Waals surface area contributed by atoms with Crippen LogP contribution in [0.3, 0.4) is 0 Å². The Kier molecular flexibility index (Phi) is 4.73. The molecule has 106 valence electrons. The molecule has 1 heterocycles. The second-order valence-electron chi connectivity index (χ2n) is 4.02. The van der Waals surface area contributed by atoms with E-state index in [1.165, 1.54) is 7.11 Å². The quantitative estimate of drug-likeness (QED) is 0.593. The van der Waals surface area contributed by atoms with Crippen molar-refractivity contribution in [1.29, 1.82) is 0 Å². The lowest BCUT2D eigenvalue weighted by Crippen LogP contribution is -2.07. The first-order valence-corrected chi connectivity index (χ1v) is 6.08. The number of rotatable bonds is 6. The van der Waals surface area contributed by atoms with Crippen LogP contribution in [0, 0.1) is 0 Å². The molecule has 0 aliphatic rings. The number of esters is 1. The third-order valence-corrected chi connectivity index (χ3v) is 2.67. The van der Waals surface area contributed by atoms with Gasteiger partial charge in [-0.05, 0) is 12.1 Å². The number of methoxy groups -OCH3 is 2. The monoisotopic (exact) mass is 276 g/mol. The number of imidazole rings is 1. The molecule has 2 aromatic rings. The molecule has 0 amide bonds. The van der Waals surface area contributed by atoms with Crippen molar-refractivity contribution in [3.8, 4) is 11.4 Å². The van der Waals surface area contributed by atoms with E-state index in [2.05, 4.69) is 4.98 Å². The molecule has 0 bridgehead atoms. The fourth-order valence-electron chi connectivity index (χ4n) is 1.71. The summed E-state index contributed by atoms with van der Waals surface area (Å²) in [6, 6.07) is 5.18. The van der Waals surface area contributed by atoms with Crippen molar-refractivity contribution < 1.29 is 19.0 Å². The van der Waals surface area contributed by atoms with Crippen LogP contribution >= 0.6 is 0 Å². The third-order valence-electron chi connectivity index (χ3n) is 2.67. The van der Waals surface area contributed by atoms with E-state index in [1.807, 2.05) is 6.07 Å². The van der Waals surface area contributed by atoms with Gasteiger partial charge >= 0.3 is 5.97 Å². The van der Waals surface area contributed by atoms with E-state index < -0.39 is 5.97 Å². The average Bonchev–Trinajstić information content (AvgIpc) is 3.00. The average molecular weight is 276 g/mol. The Morgan fingerprint density at radius 3 is 2.75 bits per heavy atom. The van der Waals surface area contributed by atoms with Gasteiger partial charge in [-0.25, -0.2) is 9.78 Å². The summed E-state index contributed by atoms with van der Waals surface area (Å²) in [5, 5.41) is 0. The summed E-state index contributed by atoms with van der Waals surface area (Å²) in [5.74, 6) is 0.164. The SMILES string of the molecule is COCCOc1cc(C(=O)OC)cc(-n2ccnc2)c1. The fraction of sp³-hybridized carbons (Fsp3) is 0.286. The molecule has 1 aromatic carbocycles. The Morgan fingerprint density at radius 1 is 1.25 bits per heavy atom. The van der Waals surface area contributed by atoms with Gasteiger partial charge in [0.2, 0.25) is 0 Å². The van der Waals surface area contributed by atoms with Crippen molar-refractivity contribution in [2.45, 2.75) is 0 Å². The highest BCUT2D eigenvalue weighted by molar-refractivity contribution is 5.90. The summed E-state index contributed by atoms with van der Waals surface area (Å²) in [4.78, 5) is 15.7. The summed E-state index contributed by atoms with van der Waals surface area (Å²) >= 11 is 0. The Labute approximate surface area is 116 Å². The highest BCUT2D eigenvalue weighted by atomic mass is 16.5. The van der Waals surface area contributed by atoms with Crippen LogP contribution in [0.4, 0.5) is 0 Å². The molecule has 20 heavy (non-hydrogen) atoms. The van der Waals surface area contributed by atoms with Gasteiger partial charge < -0.3 is 18.8 Å². The molecule has 0 unspecified atom stereocenters. The minimum atomic E-state index is -0.413. The van der Waals surface area contributed by atoms with Crippen molar-refractivity contribution in [3.63, 3.8) is 0 Å². The van der Waals surface area contributed by atoms with Crippen molar-refractivity contribution in [1.82, 2.24) is 9.55 Å². The summed E-state index contributed by atoms with van der Waals surface area (Å²) in [5.41, 5.74) is 1.20. The van der Waals surface area contributed by atoms with E-state index in [4.69, 9.17) is 14.2 Å². The number of hydrogen-bond acceptors (Lipinski definition) is 5. The maximum absolute atomic E-state index is 11.7. The second kappa shape index (κ2) is 6.72. The van der Waals surface area contributed by atoms with Crippen molar-refractivity contribution >= 4 is 5.97 Å². The molecule has 0 saturated heterocycles. The summed E-state index contributed by atoms with van der Waals surface area (Å²) in [7, 11) is 2.95. The zero-order valence-corrected chi connectivity index (χ0v) is 11.4. The normalized spacial score (nSPS) is 10.3. The largest absolute Gasteiger partial charge is 0.491 e. The molecule has 0 N–H and O–H groups in total. The van der Waals surface area contributed by atoms with E-state index in [1.54, 1.807) is 42.5 Å². The summed E-state index contributed by atoms with van der Waals surface area (Å²) in [6.45, 7) is 0.882.